The highest BCUT2D eigenvalue weighted by Crippen LogP contribution is 2.49. The van der Waals surface area contributed by atoms with Crippen LogP contribution in [0.2, 0.25) is 0 Å². The number of aliphatic hydroxyl groups excluding tert-OH is 1. The fourth-order valence-electron chi connectivity index (χ4n) is 10.9. The normalized spacial score (nSPS) is 37.5. The van der Waals surface area contributed by atoms with Crippen LogP contribution in [0.15, 0.2) is 47.6 Å². The third-order valence-electron chi connectivity index (χ3n) is 15.2. The van der Waals surface area contributed by atoms with Crippen molar-refractivity contribution < 1.29 is 71.5 Å². The van der Waals surface area contributed by atoms with Crippen molar-refractivity contribution in [3.05, 3.63) is 47.6 Å². The van der Waals surface area contributed by atoms with Gasteiger partial charge in [0.25, 0.3) is 11.7 Å². The van der Waals surface area contributed by atoms with Gasteiger partial charge in [-0.25, -0.2) is 4.79 Å². The molecule has 3 aliphatic heterocycles. The molecule has 4 rings (SSSR count). The number of aliphatic hydroxyl groups is 2. The van der Waals surface area contributed by atoms with E-state index in [4.69, 9.17) is 32.7 Å². The highest BCUT2D eigenvalue weighted by molar-refractivity contribution is 7.53. The molecule has 3 heterocycles. The molecule has 16 nitrogen and oxygen atoms in total. The number of amides is 1. The van der Waals surface area contributed by atoms with Gasteiger partial charge in [-0.2, -0.15) is 0 Å². The van der Waals surface area contributed by atoms with Crippen molar-refractivity contribution >= 4 is 36.8 Å². The van der Waals surface area contributed by atoms with E-state index in [1.54, 1.807) is 54.9 Å². The summed E-state index contributed by atoms with van der Waals surface area (Å²) < 4.78 is 54.6. The van der Waals surface area contributed by atoms with Crippen LogP contribution in [0.25, 0.3) is 0 Å². The van der Waals surface area contributed by atoms with Crippen LogP contribution in [0, 0.1) is 35.5 Å². The van der Waals surface area contributed by atoms with E-state index in [9.17, 15) is 38.8 Å². The van der Waals surface area contributed by atoms with Crippen LogP contribution >= 0.6 is 7.60 Å². The first-order valence-electron chi connectivity index (χ1n) is 26.3. The minimum absolute atomic E-state index is 0.00576. The molecule has 4 aliphatic rings. The van der Waals surface area contributed by atoms with Crippen molar-refractivity contribution in [1.29, 1.82) is 0 Å². The third kappa shape index (κ3) is 16.9. The van der Waals surface area contributed by atoms with Gasteiger partial charge in [-0.15, -0.1) is 0 Å². The van der Waals surface area contributed by atoms with Crippen LogP contribution in [-0.2, 0) is 61.3 Å². The predicted molar refractivity (Wildman–Crippen MR) is 274 cm³/mol. The Morgan fingerprint density at radius 1 is 0.847 bits per heavy atom. The molecule has 0 radical (unpaired) electrons. The second-order valence-electron chi connectivity index (χ2n) is 21.6. The molecule has 16 atom stereocenters. The maximum Gasteiger partial charge on any atom is 0.329 e. The van der Waals surface area contributed by atoms with Crippen molar-refractivity contribution in [2.75, 3.05) is 34.5 Å². The molecule has 72 heavy (non-hydrogen) atoms. The zero-order valence-corrected chi connectivity index (χ0v) is 46.3. The van der Waals surface area contributed by atoms with Gasteiger partial charge >= 0.3 is 13.6 Å². The number of piperidine rings is 1. The SMILES string of the molecule is CO[C@H]1C[C@@H]2CC[C@@H](C)[C@@](O)(O2)C(=O)C(=O)N2CCCCC2C(=O)O[C@H]([C@H](C)C[C@@H]2CC[C@@H](OP(C)(=O)OC(C)C)[C@H](OC)C2)CC(=O)[C@H](C)/C=C(\C)[C@@H](O)[C@@H](OC)C(=O)[C@H](C)C[C@H](C)/C=C/C=CC=C1C. The molecule has 0 aromatic carbocycles. The summed E-state index contributed by atoms with van der Waals surface area (Å²) >= 11 is 0. The maximum absolute atomic E-state index is 14.5. The molecule has 2 saturated heterocycles. The number of ketones is 3. The first-order valence-corrected chi connectivity index (χ1v) is 28.3. The molecule has 0 aromatic heterocycles. The molecular formula is C55H88NO15P. The van der Waals surface area contributed by atoms with Crippen molar-refractivity contribution in [3.63, 3.8) is 0 Å². The number of nitrogens with zero attached hydrogens (tertiary/aromatic N) is 1. The summed E-state index contributed by atoms with van der Waals surface area (Å²) in [5.41, 5.74) is 1.24. The van der Waals surface area contributed by atoms with Gasteiger partial charge in [-0.05, 0) is 121 Å². The lowest BCUT2D eigenvalue weighted by molar-refractivity contribution is -0.265. The minimum atomic E-state index is -3.37. The van der Waals surface area contributed by atoms with Gasteiger partial charge in [0.1, 0.15) is 30.1 Å². The molecule has 0 spiro atoms. The fourth-order valence-corrected chi connectivity index (χ4v) is 12.4. The number of cyclic esters (lactones) is 1. The number of hydrogen-bond donors (Lipinski definition) is 2. The highest BCUT2D eigenvalue weighted by atomic mass is 31.2. The van der Waals surface area contributed by atoms with E-state index in [0.29, 0.717) is 69.8 Å². The van der Waals surface area contributed by atoms with E-state index in [1.165, 1.54) is 18.7 Å². The average Bonchev–Trinajstić information content (AvgIpc) is 3.32. The molecule has 0 aromatic rings. The Kier molecular flexibility index (Phi) is 23.9. The number of hydrogen-bond acceptors (Lipinski definition) is 15. The Balaban J connectivity index is 1.70. The number of fused-ring (bicyclic) bond motifs is 3. The second kappa shape index (κ2) is 28.1. The first-order chi connectivity index (χ1) is 33.9. The summed E-state index contributed by atoms with van der Waals surface area (Å²) in [6.07, 6.45) is 10.5. The van der Waals surface area contributed by atoms with Crippen LogP contribution in [0.1, 0.15) is 139 Å². The number of ether oxygens (including phenoxy) is 5. The maximum atomic E-state index is 14.5. The lowest BCUT2D eigenvalue weighted by Gasteiger charge is -2.42. The van der Waals surface area contributed by atoms with E-state index in [2.05, 4.69) is 0 Å². The van der Waals surface area contributed by atoms with Crippen molar-refractivity contribution in [3.8, 4) is 0 Å². The van der Waals surface area contributed by atoms with E-state index in [-0.39, 0.29) is 48.9 Å². The molecule has 408 valence electrons. The highest BCUT2D eigenvalue weighted by Gasteiger charge is 2.53. The minimum Gasteiger partial charge on any atom is -0.460 e. The number of Topliss-reactive ketones (excluding diaryl/α,β-unsaturated/α-hetero) is 3. The van der Waals surface area contributed by atoms with Crippen molar-refractivity contribution in [2.24, 2.45) is 35.5 Å². The zero-order valence-electron chi connectivity index (χ0n) is 45.4. The Hall–Kier alpha value is -3.18. The summed E-state index contributed by atoms with van der Waals surface area (Å²) in [5.74, 6) is -8.28. The van der Waals surface area contributed by atoms with Crippen LogP contribution < -0.4 is 0 Å². The number of carbonyl (C=O) groups is 5. The number of methoxy groups -OCH3 is 3. The molecular weight excluding hydrogens is 946 g/mol. The Bertz CT molecular complexity index is 2020. The fraction of sp³-hybridized carbons (Fsp3) is 0.764. The van der Waals surface area contributed by atoms with E-state index in [1.807, 2.05) is 58.1 Å². The molecule has 3 fully saturated rings. The van der Waals surface area contributed by atoms with Gasteiger partial charge in [0.2, 0.25) is 5.79 Å². The lowest BCUT2D eigenvalue weighted by Crippen LogP contribution is -2.61. The number of rotatable bonds is 10. The Morgan fingerprint density at radius 2 is 1.56 bits per heavy atom. The number of allylic oxidation sites excluding steroid dienone is 6. The summed E-state index contributed by atoms with van der Waals surface area (Å²) in [4.78, 5) is 72.5. The van der Waals surface area contributed by atoms with Crippen LogP contribution in [0.4, 0.5) is 0 Å². The van der Waals surface area contributed by atoms with Gasteiger partial charge in [-0.3, -0.25) is 23.7 Å². The third-order valence-corrected chi connectivity index (χ3v) is 16.6. The topological polar surface area (TPSA) is 211 Å². The summed E-state index contributed by atoms with van der Waals surface area (Å²) in [5, 5.41) is 23.5. The van der Waals surface area contributed by atoms with Crippen molar-refractivity contribution in [2.45, 2.75) is 200 Å². The molecule has 2 N–H and O–H groups in total. The summed E-state index contributed by atoms with van der Waals surface area (Å²) in [6.45, 7) is 17.7. The predicted octanol–water partition coefficient (Wildman–Crippen LogP) is 8.45. The Labute approximate surface area is 429 Å². The van der Waals surface area contributed by atoms with Crippen LogP contribution in [0.5, 0.6) is 0 Å². The van der Waals surface area contributed by atoms with E-state index in [0.717, 1.165) is 5.57 Å². The summed E-state index contributed by atoms with van der Waals surface area (Å²) in [6, 6.07) is -1.17. The standard InChI is InChI=1S/C55H88NO15P/c1-33(2)70-72(13,64)71-45-25-23-41(30-48(45)66-11)29-37(6)47-32-44(57)36(5)28-39(8)50(59)51(67-12)49(58)38(7)27-34(3)19-15-14-16-20-35(4)46(65-10)31-42-24-22-40(9)55(63,69-42)52(60)53(61)56-26-18-17-21-43(56)54(62)68-47/h14-16,19-20,28,33-34,36-38,40-43,45-48,50-51,59,63H,17-18,21-27,29-32H2,1-13H3/b16-14?,19-15+,35-20?,39-28+/t34-,36-,37-,38-,40-,41+,42+,43?,45-,46+,47+,48-,50-,51+,55-,72?/m1/s1. The van der Waals surface area contributed by atoms with Gasteiger partial charge in [-0.1, -0.05) is 71.1 Å². The second-order valence-corrected chi connectivity index (χ2v) is 23.6. The lowest BCUT2D eigenvalue weighted by atomic mass is 9.78. The smallest absolute Gasteiger partial charge is 0.329 e. The monoisotopic (exact) mass is 1030 g/mol. The van der Waals surface area contributed by atoms with Crippen molar-refractivity contribution in [1.82, 2.24) is 4.90 Å². The van der Waals surface area contributed by atoms with Crippen LogP contribution in [-0.4, -0.2) is 140 Å². The summed E-state index contributed by atoms with van der Waals surface area (Å²) in [7, 11) is 1.15. The van der Waals surface area contributed by atoms with E-state index >= 15 is 0 Å². The zero-order chi connectivity index (χ0) is 53.7. The van der Waals surface area contributed by atoms with E-state index < -0.39 is 103 Å². The Morgan fingerprint density at radius 3 is 2.21 bits per heavy atom. The van der Waals surface area contributed by atoms with Crippen LogP contribution in [0.3, 0.4) is 0 Å². The van der Waals surface area contributed by atoms with Gasteiger partial charge in [0.05, 0.1) is 30.5 Å². The largest absolute Gasteiger partial charge is 0.460 e. The molecule has 1 aliphatic carbocycles. The molecule has 2 unspecified atom stereocenters. The quantitative estimate of drug-likeness (QED) is 0.0910. The molecule has 1 saturated carbocycles. The van der Waals surface area contributed by atoms with Gasteiger partial charge in [0.15, 0.2) is 5.78 Å². The molecule has 1 amide bonds. The average molecular weight is 1030 g/mol. The van der Waals surface area contributed by atoms with Gasteiger partial charge < -0.3 is 47.8 Å². The number of esters is 1. The first kappa shape index (κ1) is 61.4. The number of carbonyl (C=O) groups excluding carboxylic acids is 5. The van der Waals surface area contributed by atoms with Gasteiger partial charge in [0, 0.05) is 65.1 Å². The molecule has 2 bridgehead atoms. The molecule has 17 heteroatoms.